The van der Waals surface area contributed by atoms with Gasteiger partial charge in [0.25, 0.3) is 0 Å². The number of thioether (sulfide) groups is 1. The average Bonchev–Trinajstić information content (AvgIpc) is 3.15. The van der Waals surface area contributed by atoms with Crippen molar-refractivity contribution >= 4 is 45.9 Å². The lowest BCUT2D eigenvalue weighted by molar-refractivity contribution is -0.124. The van der Waals surface area contributed by atoms with Crippen LogP contribution in [0, 0.1) is 0 Å². The van der Waals surface area contributed by atoms with Gasteiger partial charge in [0, 0.05) is 18.8 Å². The molecule has 1 aromatic heterocycles. The van der Waals surface area contributed by atoms with Crippen molar-refractivity contribution in [2.75, 3.05) is 24.2 Å². The summed E-state index contributed by atoms with van der Waals surface area (Å²) in [5.74, 6) is -0.0410. The molecule has 1 aliphatic heterocycles. The van der Waals surface area contributed by atoms with Crippen LogP contribution in [0.3, 0.4) is 0 Å². The lowest BCUT2D eigenvalue weighted by Gasteiger charge is -2.10. The van der Waals surface area contributed by atoms with E-state index in [0.29, 0.717) is 22.6 Å². The first-order valence-electron chi connectivity index (χ1n) is 6.59. The van der Waals surface area contributed by atoms with E-state index < -0.39 is 0 Å². The first kappa shape index (κ1) is 14.8. The number of nitrogens with zero attached hydrogens (tertiary/aromatic N) is 3. The van der Waals surface area contributed by atoms with Gasteiger partial charge in [0.1, 0.15) is 0 Å². The minimum absolute atomic E-state index is 0.174. The maximum Gasteiger partial charge on any atom is 0.324 e. The summed E-state index contributed by atoms with van der Waals surface area (Å²) in [6, 6.07) is 9.34. The van der Waals surface area contributed by atoms with Crippen LogP contribution in [-0.2, 0) is 4.79 Å². The summed E-state index contributed by atoms with van der Waals surface area (Å²) in [4.78, 5) is 24.5. The third-order valence-electron chi connectivity index (χ3n) is 2.91. The highest BCUT2D eigenvalue weighted by Crippen LogP contribution is 2.27. The molecule has 2 aromatic rings. The van der Waals surface area contributed by atoms with Crippen molar-refractivity contribution in [1.29, 1.82) is 0 Å². The van der Waals surface area contributed by atoms with Crippen molar-refractivity contribution in [1.82, 2.24) is 20.4 Å². The Morgan fingerprint density at radius 3 is 2.91 bits per heavy atom. The number of hydrogen-bond donors (Lipinski definition) is 2. The Morgan fingerprint density at radius 2 is 2.18 bits per heavy atom. The molecule has 0 saturated carbocycles. The van der Waals surface area contributed by atoms with Gasteiger partial charge >= 0.3 is 6.03 Å². The number of carbonyl (C=O) groups is 2. The molecule has 2 N–H and O–H groups in total. The van der Waals surface area contributed by atoms with Gasteiger partial charge in [-0.2, -0.15) is 0 Å². The number of para-hydroxylation sites is 1. The number of anilines is 2. The van der Waals surface area contributed by atoms with E-state index in [1.54, 1.807) is 0 Å². The van der Waals surface area contributed by atoms with Crippen molar-refractivity contribution in [3.8, 4) is 0 Å². The van der Waals surface area contributed by atoms with Crippen molar-refractivity contribution < 1.29 is 9.59 Å². The molecule has 0 unspecified atom stereocenters. The van der Waals surface area contributed by atoms with E-state index in [-0.39, 0.29) is 17.7 Å². The van der Waals surface area contributed by atoms with Gasteiger partial charge in [-0.3, -0.25) is 9.69 Å². The Balaban J connectivity index is 1.53. The van der Waals surface area contributed by atoms with Crippen molar-refractivity contribution in [2.45, 2.75) is 4.34 Å². The monoisotopic (exact) mass is 335 g/mol. The summed E-state index contributed by atoms with van der Waals surface area (Å²) in [6.07, 6.45) is 0. The highest BCUT2D eigenvalue weighted by atomic mass is 32.2. The van der Waals surface area contributed by atoms with Crippen LogP contribution < -0.4 is 10.6 Å². The molecule has 1 fully saturated rings. The molecule has 0 atom stereocenters. The first-order chi connectivity index (χ1) is 10.7. The second kappa shape index (κ2) is 6.75. The normalized spacial score (nSPS) is 14.0. The second-order valence-corrected chi connectivity index (χ2v) is 6.63. The van der Waals surface area contributed by atoms with Crippen molar-refractivity contribution in [3.05, 3.63) is 30.3 Å². The van der Waals surface area contributed by atoms with Crippen LogP contribution in [0.15, 0.2) is 34.7 Å². The summed E-state index contributed by atoms with van der Waals surface area (Å²) in [7, 11) is 0. The fraction of sp³-hybridized carbons (Fsp3) is 0.231. The number of hydrogen-bond acceptors (Lipinski definition) is 7. The quantitative estimate of drug-likeness (QED) is 0.812. The number of benzene rings is 1. The molecule has 3 amide bonds. The predicted molar refractivity (Wildman–Crippen MR) is 85.5 cm³/mol. The van der Waals surface area contributed by atoms with Gasteiger partial charge in [0.15, 0.2) is 4.34 Å². The summed E-state index contributed by atoms with van der Waals surface area (Å²) >= 11 is 2.65. The van der Waals surface area contributed by atoms with Crippen molar-refractivity contribution in [2.24, 2.45) is 0 Å². The third kappa shape index (κ3) is 3.55. The smallest absolute Gasteiger partial charge is 0.324 e. The average molecular weight is 335 g/mol. The molecule has 1 aliphatic rings. The number of aromatic nitrogens is 2. The zero-order chi connectivity index (χ0) is 15.4. The fourth-order valence-corrected chi connectivity index (χ4v) is 3.52. The standard InChI is InChI=1S/C13H13N5O2S2/c19-10(18-7-6-14-12(18)20)8-21-13-17-16-11(22-13)15-9-4-2-1-3-5-9/h1-5H,6-8H2,(H,14,20)(H,15,16). The van der Waals surface area contributed by atoms with Crippen LogP contribution in [0.2, 0.25) is 0 Å². The van der Waals surface area contributed by atoms with Gasteiger partial charge in [-0.05, 0) is 12.1 Å². The van der Waals surface area contributed by atoms with Crippen LogP contribution in [-0.4, -0.2) is 45.9 Å². The molecule has 1 saturated heterocycles. The Kier molecular flexibility index (Phi) is 4.54. The Bertz CT molecular complexity index is 676. The molecule has 0 aliphatic carbocycles. The van der Waals surface area contributed by atoms with Gasteiger partial charge in [-0.1, -0.05) is 41.3 Å². The molecule has 9 heteroatoms. The van der Waals surface area contributed by atoms with Crippen LogP contribution in [0.1, 0.15) is 0 Å². The van der Waals surface area contributed by atoms with Crippen LogP contribution in [0.25, 0.3) is 0 Å². The van der Waals surface area contributed by atoms with Gasteiger partial charge in [-0.25, -0.2) is 4.79 Å². The van der Waals surface area contributed by atoms with Gasteiger partial charge < -0.3 is 10.6 Å². The summed E-state index contributed by atoms with van der Waals surface area (Å²) in [5, 5.41) is 14.5. The predicted octanol–water partition coefficient (Wildman–Crippen LogP) is 1.93. The van der Waals surface area contributed by atoms with E-state index in [1.807, 2.05) is 30.3 Å². The Hall–Kier alpha value is -2.13. The van der Waals surface area contributed by atoms with Crippen LogP contribution in [0.5, 0.6) is 0 Å². The maximum absolute atomic E-state index is 11.9. The van der Waals surface area contributed by atoms with E-state index >= 15 is 0 Å². The number of amides is 3. The van der Waals surface area contributed by atoms with Crippen molar-refractivity contribution in [3.63, 3.8) is 0 Å². The highest BCUT2D eigenvalue weighted by molar-refractivity contribution is 8.01. The van der Waals surface area contributed by atoms with E-state index in [0.717, 1.165) is 5.69 Å². The summed E-state index contributed by atoms with van der Waals surface area (Å²) in [5.41, 5.74) is 0.931. The number of carbonyl (C=O) groups excluding carboxylic acids is 2. The number of imide groups is 1. The molecule has 0 spiro atoms. The molecule has 114 valence electrons. The molecule has 0 radical (unpaired) electrons. The van der Waals surface area contributed by atoms with Gasteiger partial charge in [0.2, 0.25) is 11.0 Å². The van der Waals surface area contributed by atoms with Gasteiger partial charge in [0.05, 0.1) is 5.75 Å². The minimum atomic E-state index is -0.325. The number of nitrogens with one attached hydrogen (secondary N) is 2. The molecule has 1 aromatic carbocycles. The number of urea groups is 1. The lowest BCUT2D eigenvalue weighted by atomic mass is 10.3. The Morgan fingerprint density at radius 1 is 1.36 bits per heavy atom. The largest absolute Gasteiger partial charge is 0.336 e. The van der Waals surface area contributed by atoms with E-state index in [1.165, 1.54) is 28.0 Å². The zero-order valence-electron chi connectivity index (χ0n) is 11.5. The first-order valence-corrected chi connectivity index (χ1v) is 8.39. The number of rotatable bonds is 5. The molecule has 7 nitrogen and oxygen atoms in total. The highest BCUT2D eigenvalue weighted by Gasteiger charge is 2.26. The summed E-state index contributed by atoms with van der Waals surface area (Å²) in [6.45, 7) is 0.939. The summed E-state index contributed by atoms with van der Waals surface area (Å²) < 4.78 is 0.686. The lowest BCUT2D eigenvalue weighted by Crippen LogP contribution is -2.35. The SMILES string of the molecule is O=C(CSc1nnc(Nc2ccccc2)s1)N1CCNC1=O. The molecular formula is C13H13N5O2S2. The topological polar surface area (TPSA) is 87.2 Å². The second-order valence-electron chi connectivity index (χ2n) is 4.43. The molecular weight excluding hydrogens is 322 g/mol. The maximum atomic E-state index is 11.9. The Labute approximate surface area is 135 Å². The van der Waals surface area contributed by atoms with Gasteiger partial charge in [-0.15, -0.1) is 10.2 Å². The molecule has 0 bridgehead atoms. The molecule has 2 heterocycles. The van der Waals surface area contributed by atoms with E-state index in [9.17, 15) is 9.59 Å². The molecule has 22 heavy (non-hydrogen) atoms. The van der Waals surface area contributed by atoms with Crippen LogP contribution >= 0.6 is 23.1 Å². The van der Waals surface area contributed by atoms with E-state index in [2.05, 4.69) is 20.8 Å². The van der Waals surface area contributed by atoms with E-state index in [4.69, 9.17) is 0 Å². The third-order valence-corrected chi connectivity index (χ3v) is 4.87. The zero-order valence-corrected chi connectivity index (χ0v) is 13.1. The molecule has 3 rings (SSSR count). The minimum Gasteiger partial charge on any atom is -0.336 e. The fourth-order valence-electron chi connectivity index (χ4n) is 1.87. The van der Waals surface area contributed by atoms with Crippen LogP contribution in [0.4, 0.5) is 15.6 Å².